The molecule has 100 valence electrons. The first-order valence-corrected chi connectivity index (χ1v) is 6.73. The molecule has 18 heavy (non-hydrogen) atoms. The molecule has 4 N–H and O–H groups in total. The molecule has 0 spiro atoms. The topological polar surface area (TPSA) is 128 Å². The highest BCUT2D eigenvalue weighted by Gasteiger charge is 2.16. The summed E-state index contributed by atoms with van der Waals surface area (Å²) in [6, 6.07) is 1.44. The Morgan fingerprint density at radius 1 is 1.67 bits per heavy atom. The minimum absolute atomic E-state index is 0.0512. The van der Waals surface area contributed by atoms with Crippen LogP contribution in [0.2, 0.25) is 0 Å². The van der Waals surface area contributed by atoms with E-state index in [0.717, 1.165) is 0 Å². The van der Waals surface area contributed by atoms with Crippen molar-refractivity contribution in [2.24, 2.45) is 0 Å². The monoisotopic (exact) mass is 275 g/mol. The number of ether oxygens (including phenoxy) is 1. The molecule has 0 unspecified atom stereocenters. The normalized spacial score (nSPS) is 13.2. The maximum Gasteiger partial charge on any atom is 0.351 e. The van der Waals surface area contributed by atoms with E-state index in [0.29, 0.717) is 0 Å². The zero-order valence-electron chi connectivity index (χ0n) is 9.47. The number of hydrogen-bond acceptors (Lipinski definition) is 5. The SMILES string of the molecule is C=C[C@@H](Cn1ccc(N)nc1=O)OCP(=O)(O)O. The minimum atomic E-state index is -4.25. The van der Waals surface area contributed by atoms with E-state index >= 15 is 0 Å². The van der Waals surface area contributed by atoms with Gasteiger partial charge in [0.25, 0.3) is 0 Å². The lowest BCUT2D eigenvalue weighted by Gasteiger charge is -2.15. The average molecular weight is 275 g/mol. The van der Waals surface area contributed by atoms with E-state index in [1.165, 1.54) is 22.9 Å². The van der Waals surface area contributed by atoms with Crippen molar-refractivity contribution in [3.05, 3.63) is 35.4 Å². The third-order valence-corrected chi connectivity index (χ3v) is 2.48. The Labute approximate surface area is 103 Å². The van der Waals surface area contributed by atoms with Crippen LogP contribution in [0.1, 0.15) is 0 Å². The molecule has 1 heterocycles. The van der Waals surface area contributed by atoms with Crippen molar-refractivity contribution >= 4 is 13.4 Å². The highest BCUT2D eigenvalue weighted by atomic mass is 31.2. The van der Waals surface area contributed by atoms with Crippen LogP contribution in [0, 0.1) is 0 Å². The Kier molecular flexibility index (Phi) is 4.80. The van der Waals surface area contributed by atoms with Crippen molar-refractivity contribution in [2.75, 3.05) is 12.1 Å². The molecule has 0 aliphatic carbocycles. The van der Waals surface area contributed by atoms with Gasteiger partial charge in [-0.3, -0.25) is 9.13 Å². The molecular weight excluding hydrogens is 261 g/mol. The van der Waals surface area contributed by atoms with E-state index < -0.39 is 25.7 Å². The Bertz CT molecular complexity index is 523. The number of anilines is 1. The summed E-state index contributed by atoms with van der Waals surface area (Å²) in [7, 11) is -4.25. The van der Waals surface area contributed by atoms with Gasteiger partial charge in [-0.25, -0.2) is 4.79 Å². The number of hydrogen-bond donors (Lipinski definition) is 3. The molecule has 1 atom stereocenters. The van der Waals surface area contributed by atoms with Gasteiger partial charge < -0.3 is 20.3 Å². The van der Waals surface area contributed by atoms with Crippen LogP contribution in [-0.4, -0.2) is 31.8 Å². The Hall–Kier alpha value is -1.47. The predicted octanol–water partition coefficient (Wildman–Crippen LogP) is -0.468. The second kappa shape index (κ2) is 5.92. The number of aromatic nitrogens is 2. The van der Waals surface area contributed by atoms with E-state index in [2.05, 4.69) is 11.6 Å². The van der Waals surface area contributed by atoms with Gasteiger partial charge >= 0.3 is 13.3 Å². The van der Waals surface area contributed by atoms with E-state index in [1.54, 1.807) is 0 Å². The number of rotatable bonds is 6. The zero-order chi connectivity index (χ0) is 13.8. The molecule has 0 amide bonds. The van der Waals surface area contributed by atoms with Crippen molar-refractivity contribution in [1.82, 2.24) is 9.55 Å². The fraction of sp³-hybridized carbons (Fsp3) is 0.333. The van der Waals surface area contributed by atoms with Gasteiger partial charge in [-0.05, 0) is 6.07 Å². The lowest BCUT2D eigenvalue weighted by molar-refractivity contribution is 0.0948. The lowest BCUT2D eigenvalue weighted by atomic mass is 10.3. The maximum absolute atomic E-state index is 11.4. The highest BCUT2D eigenvalue weighted by Crippen LogP contribution is 2.34. The molecule has 8 nitrogen and oxygen atoms in total. The summed E-state index contributed by atoms with van der Waals surface area (Å²) in [6.07, 6.45) is 1.32. The molecule has 0 saturated carbocycles. The molecule has 0 aliphatic heterocycles. The second-order valence-corrected chi connectivity index (χ2v) is 5.11. The molecule has 0 saturated heterocycles. The smallest absolute Gasteiger partial charge is 0.351 e. The average Bonchev–Trinajstić information content (AvgIpc) is 2.25. The van der Waals surface area contributed by atoms with Gasteiger partial charge in [-0.1, -0.05) is 6.08 Å². The minimum Gasteiger partial charge on any atom is -0.383 e. The van der Waals surface area contributed by atoms with Crippen molar-refractivity contribution in [3.8, 4) is 0 Å². The van der Waals surface area contributed by atoms with Gasteiger partial charge in [0, 0.05) is 6.20 Å². The second-order valence-electron chi connectivity index (χ2n) is 3.52. The van der Waals surface area contributed by atoms with Gasteiger partial charge in [0.15, 0.2) is 0 Å². The molecular formula is C9H14N3O5P. The first-order valence-electron chi connectivity index (χ1n) is 4.93. The summed E-state index contributed by atoms with van der Waals surface area (Å²) in [5, 5.41) is 0. The quantitative estimate of drug-likeness (QED) is 0.473. The predicted molar refractivity (Wildman–Crippen MR) is 64.9 cm³/mol. The van der Waals surface area contributed by atoms with Gasteiger partial charge in [-0.2, -0.15) is 4.98 Å². The van der Waals surface area contributed by atoms with E-state index in [1.807, 2.05) is 0 Å². The molecule has 0 bridgehead atoms. The van der Waals surface area contributed by atoms with Crippen molar-refractivity contribution in [2.45, 2.75) is 12.6 Å². The fourth-order valence-corrected chi connectivity index (χ4v) is 1.55. The molecule has 9 heteroatoms. The van der Waals surface area contributed by atoms with Gasteiger partial charge in [0.05, 0.1) is 12.6 Å². The van der Waals surface area contributed by atoms with Crippen molar-refractivity contribution in [1.29, 1.82) is 0 Å². The van der Waals surface area contributed by atoms with Crippen molar-refractivity contribution in [3.63, 3.8) is 0 Å². The van der Waals surface area contributed by atoms with Gasteiger partial charge in [0.1, 0.15) is 12.2 Å². The largest absolute Gasteiger partial charge is 0.383 e. The molecule has 0 aliphatic rings. The van der Waals surface area contributed by atoms with Crippen LogP contribution in [0.3, 0.4) is 0 Å². The first kappa shape index (κ1) is 14.6. The molecule has 1 aromatic rings. The summed E-state index contributed by atoms with van der Waals surface area (Å²) in [5.41, 5.74) is 4.76. The third-order valence-electron chi connectivity index (χ3n) is 1.99. The standard InChI is InChI=1S/C9H14N3O5P/c1-2-7(17-6-18(14,15)16)5-12-4-3-8(10)11-9(12)13/h2-4,7H,1,5-6H2,(H2,10,11,13)(H2,14,15,16)/t7-/m0/s1. The van der Waals surface area contributed by atoms with Crippen LogP contribution in [0.25, 0.3) is 0 Å². The summed E-state index contributed by atoms with van der Waals surface area (Å²) in [4.78, 5) is 32.3. The number of nitrogen functional groups attached to an aromatic ring is 1. The molecule has 0 aromatic carbocycles. The van der Waals surface area contributed by atoms with Crippen LogP contribution in [0.15, 0.2) is 29.7 Å². The Morgan fingerprint density at radius 2 is 2.33 bits per heavy atom. The van der Waals surface area contributed by atoms with Crippen LogP contribution < -0.4 is 11.4 Å². The van der Waals surface area contributed by atoms with Crippen LogP contribution in [0.5, 0.6) is 0 Å². The Balaban J connectivity index is 2.71. The van der Waals surface area contributed by atoms with E-state index in [9.17, 15) is 9.36 Å². The van der Waals surface area contributed by atoms with Crippen LogP contribution in [0.4, 0.5) is 5.82 Å². The van der Waals surface area contributed by atoms with Crippen LogP contribution in [-0.2, 0) is 15.8 Å². The van der Waals surface area contributed by atoms with Crippen molar-refractivity contribution < 1.29 is 19.1 Å². The highest BCUT2D eigenvalue weighted by molar-refractivity contribution is 7.51. The first-order chi connectivity index (χ1) is 8.31. The molecule has 1 aromatic heterocycles. The number of nitrogens with zero attached hydrogens (tertiary/aromatic N) is 2. The van der Waals surface area contributed by atoms with E-state index in [4.69, 9.17) is 20.3 Å². The summed E-state index contributed by atoms with van der Waals surface area (Å²) >= 11 is 0. The summed E-state index contributed by atoms with van der Waals surface area (Å²) in [5.74, 6) is 0.0996. The fourth-order valence-electron chi connectivity index (χ4n) is 1.16. The van der Waals surface area contributed by atoms with Gasteiger partial charge in [-0.15, -0.1) is 6.58 Å². The molecule has 0 fully saturated rings. The maximum atomic E-state index is 11.4. The van der Waals surface area contributed by atoms with E-state index in [-0.39, 0.29) is 12.4 Å². The third kappa shape index (κ3) is 4.80. The Morgan fingerprint density at radius 3 is 2.83 bits per heavy atom. The number of nitrogens with two attached hydrogens (primary N) is 1. The van der Waals surface area contributed by atoms with Crippen LogP contribution >= 0.6 is 7.60 Å². The zero-order valence-corrected chi connectivity index (χ0v) is 10.4. The summed E-state index contributed by atoms with van der Waals surface area (Å²) < 4.78 is 16.8. The molecule has 1 rings (SSSR count). The molecule has 0 radical (unpaired) electrons. The summed E-state index contributed by atoms with van der Waals surface area (Å²) in [6.45, 7) is 3.52. The van der Waals surface area contributed by atoms with Gasteiger partial charge in [0.2, 0.25) is 0 Å². The lowest BCUT2D eigenvalue weighted by Crippen LogP contribution is -2.29.